The topological polar surface area (TPSA) is 211 Å². The molecule has 0 aromatic carbocycles. The molecule has 0 radical (unpaired) electrons. The molecule has 0 unspecified atom stereocenters. The zero-order valence-corrected chi connectivity index (χ0v) is 19.4. The third kappa shape index (κ3) is 6.33. The number of oxime groups is 1. The summed E-state index contributed by atoms with van der Waals surface area (Å²) in [5, 5.41) is 9.45. The molecule has 3 amide bonds. The minimum Gasteiger partial charge on any atom is -0.398 e. The molecule has 3 N–H and O–H groups in total. The summed E-state index contributed by atoms with van der Waals surface area (Å²) in [6.45, 7) is -0.864. The number of nitrogens with one attached hydrogen (secondary N) is 2. The van der Waals surface area contributed by atoms with E-state index >= 15 is 0 Å². The summed E-state index contributed by atoms with van der Waals surface area (Å²) in [4.78, 5) is 44.8. The first-order valence-electron chi connectivity index (χ1n) is 8.17. The Morgan fingerprint density at radius 1 is 1.38 bits per heavy atom. The first-order valence-corrected chi connectivity index (χ1v) is 12.8. The molecule has 15 nitrogen and oxygen atoms in total. The van der Waals surface area contributed by atoms with Crippen LogP contribution < -0.4 is 10.6 Å². The third-order valence-corrected chi connectivity index (χ3v) is 6.18. The predicted molar refractivity (Wildman–Crippen MR) is 110 cm³/mol. The highest BCUT2D eigenvalue weighted by molar-refractivity contribution is 7.86. The van der Waals surface area contributed by atoms with Crippen molar-refractivity contribution >= 4 is 71.9 Å². The van der Waals surface area contributed by atoms with Gasteiger partial charge >= 0.3 is 10.3 Å². The smallest absolute Gasteiger partial charge is 0.362 e. The lowest BCUT2D eigenvalue weighted by Crippen LogP contribution is -2.73. The minimum absolute atomic E-state index is 0.0289. The fourth-order valence-corrected chi connectivity index (χ4v) is 4.45. The van der Waals surface area contributed by atoms with Gasteiger partial charge in [0, 0.05) is 5.38 Å². The Bertz CT molecular complexity index is 1150. The predicted octanol–water partition coefficient (Wildman–Crippen LogP) is -1.85. The average Bonchev–Trinajstić information content (AvgIpc) is 3.12. The molecule has 0 spiro atoms. The minimum atomic E-state index is -5.05. The molecule has 1 saturated heterocycles. The summed E-state index contributed by atoms with van der Waals surface area (Å²) in [7, 11) is -7.97. The molecule has 1 fully saturated rings. The molecule has 1 aromatic heterocycles. The Morgan fingerprint density at radius 2 is 2.03 bits per heavy atom. The summed E-state index contributed by atoms with van der Waals surface area (Å²) in [6.07, 6.45) is 0.686. The number of carbonyl (C=O) groups excluding carboxylic acids is 3. The lowest BCUT2D eigenvalue weighted by molar-refractivity contribution is -0.146. The molecule has 19 heteroatoms. The summed E-state index contributed by atoms with van der Waals surface area (Å²) in [6, 6.07) is -3.14. The van der Waals surface area contributed by atoms with Gasteiger partial charge in [-0.05, 0) is 0 Å². The number of aromatic nitrogens is 1. The normalized spacial score (nSPS) is 19.3. The van der Waals surface area contributed by atoms with E-state index in [1.165, 1.54) is 5.38 Å². The summed E-state index contributed by atoms with van der Waals surface area (Å²) < 4.78 is 58.9. The fraction of sp³-hybridized carbons (Fsp3) is 0.462. The molecule has 178 valence electrons. The van der Waals surface area contributed by atoms with Crippen molar-refractivity contribution in [1.29, 1.82) is 0 Å². The number of hydrogen-bond donors (Lipinski definition) is 3. The van der Waals surface area contributed by atoms with Gasteiger partial charge in [-0.3, -0.25) is 23.1 Å². The monoisotopic (exact) mass is 533 g/mol. The van der Waals surface area contributed by atoms with Crippen LogP contribution in [-0.4, -0.2) is 92.0 Å². The molecular weight excluding hydrogens is 518 g/mol. The van der Waals surface area contributed by atoms with Crippen molar-refractivity contribution in [3.63, 3.8) is 0 Å². The van der Waals surface area contributed by atoms with Crippen LogP contribution in [0, 0.1) is 0 Å². The van der Waals surface area contributed by atoms with Gasteiger partial charge in [-0.25, -0.2) is 9.29 Å². The highest BCUT2D eigenvalue weighted by Gasteiger charge is 2.54. The van der Waals surface area contributed by atoms with E-state index in [4.69, 9.17) is 11.6 Å². The number of rotatable bonds is 10. The van der Waals surface area contributed by atoms with E-state index in [9.17, 15) is 35.8 Å². The number of amides is 3. The lowest BCUT2D eigenvalue weighted by Gasteiger charge is -2.43. The Balaban J connectivity index is 2.23. The summed E-state index contributed by atoms with van der Waals surface area (Å²) in [5.41, 5.74) is -0.516. The van der Waals surface area contributed by atoms with E-state index in [1.807, 2.05) is 0 Å². The van der Waals surface area contributed by atoms with Gasteiger partial charge in [-0.2, -0.15) is 16.8 Å². The molecular formula is C13H16ClN5O10S3. The fourth-order valence-electron chi connectivity index (χ4n) is 2.42. The van der Waals surface area contributed by atoms with Crippen molar-refractivity contribution in [1.82, 2.24) is 14.6 Å². The van der Waals surface area contributed by atoms with Gasteiger partial charge in [0.2, 0.25) is 5.91 Å². The van der Waals surface area contributed by atoms with Crippen LogP contribution in [0.5, 0.6) is 0 Å². The maximum Gasteiger partial charge on any atom is 0.362 e. The number of thiazole rings is 1. The molecule has 2 rings (SSSR count). The summed E-state index contributed by atoms with van der Waals surface area (Å²) >= 11 is 6.32. The highest BCUT2D eigenvalue weighted by Crippen LogP contribution is 2.25. The Kier molecular flexibility index (Phi) is 8.12. The van der Waals surface area contributed by atoms with Gasteiger partial charge in [-0.15, -0.1) is 22.9 Å². The Hall–Kier alpha value is -2.38. The van der Waals surface area contributed by atoms with E-state index in [1.54, 1.807) is 0 Å². The standard InChI is InChI=1S/C13H16ClN5O10S3/c1-28-18-9(6-5-30-13(15-6)16-8(20)3-14)11(21)17-10-7(4-29-31(2,23)24)19(12(10)22)32(25,26)27/h5,7,10H,3-4H2,1-2H3,(H,17,21)(H,15,16,20)(H,25,26,27)/t7-,10+/m1/s1. The summed E-state index contributed by atoms with van der Waals surface area (Å²) in [5.74, 6) is -3.18. The molecule has 0 aliphatic carbocycles. The molecule has 1 aliphatic rings. The maximum atomic E-state index is 12.7. The van der Waals surface area contributed by atoms with Gasteiger partial charge in [0.15, 0.2) is 10.8 Å². The Labute approximate surface area is 190 Å². The van der Waals surface area contributed by atoms with E-state index in [2.05, 4.69) is 29.8 Å². The van der Waals surface area contributed by atoms with Crippen molar-refractivity contribution in [3.8, 4) is 0 Å². The Morgan fingerprint density at radius 3 is 2.56 bits per heavy atom. The van der Waals surface area contributed by atoms with Crippen LogP contribution in [0.4, 0.5) is 5.13 Å². The number of halogens is 1. The molecule has 0 saturated carbocycles. The molecule has 0 bridgehead atoms. The first kappa shape index (κ1) is 25.9. The number of β-lactam (4-membered cyclic amide) rings is 1. The van der Waals surface area contributed by atoms with Crippen molar-refractivity contribution < 1.29 is 44.8 Å². The highest BCUT2D eigenvalue weighted by atomic mass is 35.5. The first-order chi connectivity index (χ1) is 14.8. The quantitative estimate of drug-likeness (QED) is 0.0757. The molecule has 1 aromatic rings. The number of anilines is 1. The zero-order chi connectivity index (χ0) is 24.3. The molecule has 32 heavy (non-hydrogen) atoms. The van der Waals surface area contributed by atoms with Crippen LogP contribution in [0.3, 0.4) is 0 Å². The second-order valence-electron chi connectivity index (χ2n) is 5.96. The van der Waals surface area contributed by atoms with E-state index in [0.29, 0.717) is 6.26 Å². The van der Waals surface area contributed by atoms with Crippen LogP contribution in [0.25, 0.3) is 0 Å². The van der Waals surface area contributed by atoms with Crippen LogP contribution in [0.15, 0.2) is 10.5 Å². The molecule has 2 heterocycles. The van der Waals surface area contributed by atoms with Gasteiger partial charge in [0.25, 0.3) is 21.9 Å². The van der Waals surface area contributed by atoms with Gasteiger partial charge < -0.3 is 15.5 Å². The van der Waals surface area contributed by atoms with Crippen LogP contribution in [0.1, 0.15) is 5.69 Å². The number of carbonyl (C=O) groups is 3. The number of nitrogens with zero attached hydrogens (tertiary/aromatic N) is 3. The average molecular weight is 534 g/mol. The third-order valence-electron chi connectivity index (χ3n) is 3.67. The SMILES string of the molecule is CON=C(C(=O)N[C@@H]1C(=O)N(S(=O)(=O)O)[C@@H]1COS(C)(=O)=O)c1csc(NC(=O)CCl)n1. The van der Waals surface area contributed by atoms with E-state index in [-0.39, 0.29) is 21.0 Å². The van der Waals surface area contributed by atoms with E-state index in [0.717, 1.165) is 18.4 Å². The molecule has 2 atom stereocenters. The lowest BCUT2D eigenvalue weighted by atomic mass is 9.99. The van der Waals surface area contributed by atoms with Crippen LogP contribution >= 0.6 is 22.9 Å². The van der Waals surface area contributed by atoms with Crippen molar-refractivity contribution in [3.05, 3.63) is 11.1 Å². The van der Waals surface area contributed by atoms with Crippen molar-refractivity contribution in [2.45, 2.75) is 12.1 Å². The van der Waals surface area contributed by atoms with Crippen molar-refractivity contribution in [2.24, 2.45) is 5.16 Å². The number of alkyl halides is 1. The van der Waals surface area contributed by atoms with Crippen LogP contribution in [0.2, 0.25) is 0 Å². The maximum absolute atomic E-state index is 12.7. The van der Waals surface area contributed by atoms with Gasteiger partial charge in [0.1, 0.15) is 30.8 Å². The number of hydrogen-bond acceptors (Lipinski definition) is 12. The second kappa shape index (κ2) is 10.0. The van der Waals surface area contributed by atoms with Gasteiger partial charge in [-0.1, -0.05) is 5.16 Å². The van der Waals surface area contributed by atoms with Crippen molar-refractivity contribution in [2.75, 3.05) is 31.2 Å². The largest absolute Gasteiger partial charge is 0.398 e. The van der Waals surface area contributed by atoms with Crippen LogP contribution in [-0.2, 0) is 43.8 Å². The second-order valence-corrected chi connectivity index (χ2v) is 10.0. The molecule has 1 aliphatic heterocycles. The zero-order valence-electron chi connectivity index (χ0n) is 16.2. The van der Waals surface area contributed by atoms with Gasteiger partial charge in [0.05, 0.1) is 12.9 Å². The van der Waals surface area contributed by atoms with E-state index < -0.39 is 62.5 Å².